The second-order valence-electron chi connectivity index (χ2n) is 10.0. The smallest absolute Gasteiger partial charge is 0.273 e. The number of hydrogen-bond acceptors (Lipinski definition) is 5. The number of carbonyl (C=O) groups excluding carboxylic acids is 2. The van der Waals surface area contributed by atoms with Crippen molar-refractivity contribution in [1.29, 1.82) is 0 Å². The number of thiazole rings is 1. The number of rotatable bonds is 9. The zero-order valence-corrected chi connectivity index (χ0v) is 23.7. The summed E-state index contributed by atoms with van der Waals surface area (Å²) in [5, 5.41) is 2.65. The molecule has 0 bridgehead atoms. The lowest BCUT2D eigenvalue weighted by Crippen LogP contribution is -2.49. The van der Waals surface area contributed by atoms with E-state index >= 15 is 0 Å². The maximum absolute atomic E-state index is 14.3. The number of para-hydroxylation sites is 1. The van der Waals surface area contributed by atoms with Crippen molar-refractivity contribution in [3.05, 3.63) is 106 Å². The van der Waals surface area contributed by atoms with E-state index in [1.54, 1.807) is 17.0 Å². The highest BCUT2D eigenvalue weighted by atomic mass is 32.1. The molecule has 4 aromatic rings. The molecular weight excluding hydrogens is 525 g/mol. The van der Waals surface area contributed by atoms with Gasteiger partial charge in [-0.2, -0.15) is 0 Å². The van der Waals surface area contributed by atoms with Crippen molar-refractivity contribution < 1.29 is 14.0 Å². The molecule has 0 unspecified atom stereocenters. The van der Waals surface area contributed by atoms with E-state index in [4.69, 9.17) is 0 Å². The third-order valence-corrected chi connectivity index (χ3v) is 8.09. The number of amides is 2. The second-order valence-corrected chi connectivity index (χ2v) is 11.0. The summed E-state index contributed by atoms with van der Waals surface area (Å²) in [4.78, 5) is 36.9. The molecule has 0 atom stereocenters. The van der Waals surface area contributed by atoms with Crippen molar-refractivity contribution in [2.45, 2.75) is 33.4 Å². The molecule has 3 heterocycles. The summed E-state index contributed by atoms with van der Waals surface area (Å²) in [5.74, 6) is -0.873. The topological polar surface area (TPSA) is 61.7 Å². The molecule has 0 radical (unpaired) electrons. The number of aromatic nitrogens is 2. The molecule has 1 fully saturated rings. The van der Waals surface area contributed by atoms with E-state index in [2.05, 4.69) is 35.0 Å². The Bertz CT molecular complexity index is 1470. The third-order valence-electron chi connectivity index (χ3n) is 7.26. The normalized spacial score (nSPS) is 13.5. The van der Waals surface area contributed by atoms with Crippen molar-refractivity contribution in [3.63, 3.8) is 0 Å². The van der Waals surface area contributed by atoms with Crippen LogP contribution < -0.4 is 4.90 Å². The van der Waals surface area contributed by atoms with Crippen LogP contribution in [-0.2, 0) is 13.1 Å². The predicted octanol–water partition coefficient (Wildman–Crippen LogP) is 5.46. The summed E-state index contributed by atoms with van der Waals surface area (Å²) in [7, 11) is 0. The second kappa shape index (κ2) is 12.5. The molecule has 0 N–H and O–H groups in total. The van der Waals surface area contributed by atoms with Crippen molar-refractivity contribution in [2.75, 3.05) is 37.6 Å². The fourth-order valence-corrected chi connectivity index (χ4v) is 5.89. The summed E-state index contributed by atoms with van der Waals surface area (Å²) < 4.78 is 16.3. The van der Waals surface area contributed by atoms with Gasteiger partial charge in [-0.05, 0) is 49.2 Å². The fourth-order valence-electron chi connectivity index (χ4n) is 5.13. The van der Waals surface area contributed by atoms with Gasteiger partial charge in [0.05, 0.1) is 18.7 Å². The molecule has 2 aromatic carbocycles. The number of anilines is 1. The van der Waals surface area contributed by atoms with Gasteiger partial charge >= 0.3 is 0 Å². The first kappa shape index (κ1) is 27.6. The van der Waals surface area contributed by atoms with Crippen molar-refractivity contribution in [1.82, 2.24) is 19.4 Å². The van der Waals surface area contributed by atoms with Crippen LogP contribution in [0.25, 0.3) is 0 Å². The van der Waals surface area contributed by atoms with E-state index in [1.165, 1.54) is 34.7 Å². The summed E-state index contributed by atoms with van der Waals surface area (Å²) >= 11 is 1.46. The van der Waals surface area contributed by atoms with Gasteiger partial charge in [-0.3, -0.25) is 9.59 Å². The molecule has 1 aliphatic heterocycles. The van der Waals surface area contributed by atoms with Gasteiger partial charge in [-0.15, -0.1) is 11.3 Å². The number of piperazine rings is 1. The van der Waals surface area contributed by atoms with Gasteiger partial charge in [0.1, 0.15) is 16.5 Å². The van der Waals surface area contributed by atoms with Crippen LogP contribution >= 0.6 is 11.3 Å². The van der Waals surface area contributed by atoms with Crippen molar-refractivity contribution in [2.24, 2.45) is 0 Å². The first-order valence-corrected chi connectivity index (χ1v) is 14.5. The summed E-state index contributed by atoms with van der Waals surface area (Å²) in [5.41, 5.74) is 3.94. The van der Waals surface area contributed by atoms with Gasteiger partial charge in [0.2, 0.25) is 0 Å². The maximum atomic E-state index is 14.3. The maximum Gasteiger partial charge on any atom is 0.273 e. The van der Waals surface area contributed by atoms with Gasteiger partial charge in [0, 0.05) is 55.7 Å². The number of aryl methyl sites for hydroxylation is 1. The largest absolute Gasteiger partial charge is 0.368 e. The molecule has 2 amide bonds. The SMILES string of the molecule is CCCN(Cc1cccn1Cc1nc(C(=O)N2CCN(c3ccccc3C)CC2)cs1)C(=O)c1ccccc1F. The highest BCUT2D eigenvalue weighted by molar-refractivity contribution is 7.09. The molecule has 9 heteroatoms. The van der Waals surface area contributed by atoms with Crippen LogP contribution in [0.3, 0.4) is 0 Å². The van der Waals surface area contributed by atoms with Gasteiger partial charge in [-0.1, -0.05) is 37.3 Å². The Morgan fingerprint density at radius 2 is 1.75 bits per heavy atom. The lowest BCUT2D eigenvalue weighted by Gasteiger charge is -2.36. The van der Waals surface area contributed by atoms with Crippen LogP contribution in [0.1, 0.15) is 50.5 Å². The van der Waals surface area contributed by atoms with Gasteiger partial charge in [-0.25, -0.2) is 9.37 Å². The van der Waals surface area contributed by atoms with Crippen LogP contribution in [0, 0.1) is 12.7 Å². The Balaban J connectivity index is 1.22. The zero-order valence-electron chi connectivity index (χ0n) is 22.9. The Hall–Kier alpha value is -3.98. The Labute approximate surface area is 238 Å². The van der Waals surface area contributed by atoms with Crippen LogP contribution in [-0.4, -0.2) is 63.9 Å². The standard InChI is InChI=1S/C31H34FN5O2S/c1-3-14-37(30(38)25-11-5-6-12-26(25)32)20-24-10-8-15-36(24)21-29-33-27(22-40-29)31(39)35-18-16-34(17-19-35)28-13-7-4-9-23(28)2/h4-13,15,22H,3,14,16-21H2,1-2H3. The van der Waals surface area contributed by atoms with E-state index in [0.29, 0.717) is 38.4 Å². The van der Waals surface area contributed by atoms with Crippen LogP contribution in [0.4, 0.5) is 10.1 Å². The molecule has 0 spiro atoms. The number of carbonyl (C=O) groups is 2. The van der Waals surface area contributed by atoms with Crippen LogP contribution in [0.2, 0.25) is 0 Å². The minimum absolute atomic E-state index is 0.0377. The van der Waals surface area contributed by atoms with E-state index < -0.39 is 5.82 Å². The molecule has 0 saturated carbocycles. The molecule has 7 nitrogen and oxygen atoms in total. The highest BCUT2D eigenvalue weighted by Gasteiger charge is 2.25. The minimum Gasteiger partial charge on any atom is -0.368 e. The Morgan fingerprint density at radius 3 is 2.50 bits per heavy atom. The summed E-state index contributed by atoms with van der Waals surface area (Å²) in [6, 6.07) is 18.3. The fraction of sp³-hybridized carbons (Fsp3) is 0.323. The first-order valence-electron chi connectivity index (χ1n) is 13.7. The average Bonchev–Trinajstić information content (AvgIpc) is 3.62. The van der Waals surface area contributed by atoms with Gasteiger partial charge < -0.3 is 19.3 Å². The number of benzene rings is 2. The zero-order chi connectivity index (χ0) is 28.1. The quantitative estimate of drug-likeness (QED) is 0.274. The van der Waals surface area contributed by atoms with E-state index in [9.17, 15) is 14.0 Å². The molecule has 5 rings (SSSR count). The van der Waals surface area contributed by atoms with Crippen molar-refractivity contribution in [3.8, 4) is 0 Å². The number of hydrogen-bond donors (Lipinski definition) is 0. The number of halogens is 1. The molecule has 0 aliphatic carbocycles. The lowest BCUT2D eigenvalue weighted by molar-refractivity contribution is 0.0729. The van der Waals surface area contributed by atoms with Gasteiger partial charge in [0.25, 0.3) is 11.8 Å². The van der Waals surface area contributed by atoms with Gasteiger partial charge in [0.15, 0.2) is 0 Å². The Morgan fingerprint density at radius 1 is 1.00 bits per heavy atom. The molecule has 1 aliphatic rings. The average molecular weight is 560 g/mol. The molecule has 40 heavy (non-hydrogen) atoms. The molecule has 2 aromatic heterocycles. The first-order chi connectivity index (χ1) is 19.4. The summed E-state index contributed by atoms with van der Waals surface area (Å²) in [6.07, 6.45) is 2.71. The molecular formula is C31H34FN5O2S. The third kappa shape index (κ3) is 6.09. The van der Waals surface area contributed by atoms with E-state index in [0.717, 1.165) is 30.2 Å². The van der Waals surface area contributed by atoms with Crippen LogP contribution in [0.5, 0.6) is 0 Å². The lowest BCUT2D eigenvalue weighted by atomic mass is 10.1. The van der Waals surface area contributed by atoms with E-state index in [-0.39, 0.29) is 17.4 Å². The monoisotopic (exact) mass is 559 g/mol. The van der Waals surface area contributed by atoms with Crippen molar-refractivity contribution >= 4 is 28.8 Å². The number of nitrogens with zero attached hydrogens (tertiary/aromatic N) is 5. The minimum atomic E-state index is -0.513. The van der Waals surface area contributed by atoms with E-state index in [1.807, 2.05) is 46.2 Å². The molecule has 1 saturated heterocycles. The van der Waals surface area contributed by atoms with Crippen LogP contribution in [0.15, 0.2) is 72.2 Å². The highest BCUT2D eigenvalue weighted by Crippen LogP contribution is 2.22. The molecule has 208 valence electrons. The summed E-state index contributed by atoms with van der Waals surface area (Å²) in [6.45, 7) is 8.38. The Kier molecular flexibility index (Phi) is 8.60. The predicted molar refractivity (Wildman–Crippen MR) is 156 cm³/mol.